The number of rotatable bonds is 7. The van der Waals surface area contributed by atoms with Gasteiger partial charge in [0.25, 0.3) is 0 Å². The Hall–Kier alpha value is -3.61. The monoisotopic (exact) mass is 462 g/mol. The highest BCUT2D eigenvalue weighted by Gasteiger charge is 2.33. The third-order valence-corrected chi connectivity index (χ3v) is 6.89. The van der Waals surface area contributed by atoms with Gasteiger partial charge >= 0.3 is 12.1 Å². The van der Waals surface area contributed by atoms with Crippen LogP contribution in [0.2, 0.25) is 0 Å². The first kappa shape index (κ1) is 23.5. The molecule has 0 radical (unpaired) electrons. The average Bonchev–Trinajstić information content (AvgIpc) is 3.19. The molecule has 1 heterocycles. The lowest BCUT2D eigenvalue weighted by Crippen LogP contribution is -2.52. The van der Waals surface area contributed by atoms with Crippen LogP contribution in [-0.4, -0.2) is 53.7 Å². The normalized spacial score (nSPS) is 16.6. The molecule has 0 saturated carbocycles. The Morgan fingerprint density at radius 3 is 2.24 bits per heavy atom. The summed E-state index contributed by atoms with van der Waals surface area (Å²) in [7, 11) is 0. The van der Waals surface area contributed by atoms with Gasteiger partial charge in [0.1, 0.15) is 12.6 Å². The van der Waals surface area contributed by atoms with Gasteiger partial charge in [-0.25, -0.2) is 9.59 Å². The summed E-state index contributed by atoms with van der Waals surface area (Å²) < 4.78 is 5.64. The molecule has 2 amide bonds. The summed E-state index contributed by atoms with van der Waals surface area (Å²) in [6, 6.07) is 15.5. The molecule has 0 unspecified atom stereocenters. The lowest BCUT2D eigenvalue weighted by molar-refractivity contribution is -0.136. The second kappa shape index (κ2) is 10.1. The van der Waals surface area contributed by atoms with Gasteiger partial charge in [-0.05, 0) is 34.6 Å². The van der Waals surface area contributed by atoms with Gasteiger partial charge in [0.15, 0.2) is 0 Å². The minimum Gasteiger partial charge on any atom is -0.478 e. The molecule has 178 valence electrons. The molecule has 1 aliphatic heterocycles. The number of benzene rings is 2. The Morgan fingerprint density at radius 2 is 1.71 bits per heavy atom. The molecule has 0 saturated heterocycles. The van der Waals surface area contributed by atoms with E-state index in [1.54, 1.807) is 11.0 Å². The molecule has 0 aromatic heterocycles. The highest BCUT2D eigenvalue weighted by atomic mass is 16.5. The molecule has 34 heavy (non-hydrogen) atoms. The van der Waals surface area contributed by atoms with Crippen LogP contribution >= 0.6 is 0 Å². The van der Waals surface area contributed by atoms with Crippen molar-refractivity contribution in [2.24, 2.45) is 5.92 Å². The number of carbonyl (C=O) groups excluding carboxylic acids is 2. The minimum absolute atomic E-state index is 0.0578. The number of aliphatic carboxylic acids is 1. The first-order valence-corrected chi connectivity index (χ1v) is 11.7. The van der Waals surface area contributed by atoms with Crippen molar-refractivity contribution in [3.8, 4) is 11.1 Å². The summed E-state index contributed by atoms with van der Waals surface area (Å²) in [5, 5.41) is 11.9. The Bertz CT molecular complexity index is 1080. The topological polar surface area (TPSA) is 95.9 Å². The molecule has 2 aromatic rings. The predicted molar refractivity (Wildman–Crippen MR) is 128 cm³/mol. The molecule has 7 nitrogen and oxygen atoms in total. The molecular formula is C27H30N2O5. The lowest BCUT2D eigenvalue weighted by atomic mass is 9.97. The molecule has 2 aliphatic rings. The Balaban J connectivity index is 1.42. The number of carbonyl (C=O) groups is 3. The molecule has 1 aliphatic carbocycles. The number of nitrogens with zero attached hydrogens (tertiary/aromatic N) is 1. The van der Waals surface area contributed by atoms with E-state index in [-0.39, 0.29) is 30.9 Å². The number of hydrogen-bond donors (Lipinski definition) is 2. The highest BCUT2D eigenvalue weighted by molar-refractivity contribution is 5.89. The average molecular weight is 463 g/mol. The molecule has 2 atom stereocenters. The number of nitrogens with one attached hydrogen (secondary N) is 1. The zero-order valence-corrected chi connectivity index (χ0v) is 19.5. The van der Waals surface area contributed by atoms with Crippen molar-refractivity contribution in [3.63, 3.8) is 0 Å². The first-order chi connectivity index (χ1) is 16.4. The first-order valence-electron chi connectivity index (χ1n) is 11.7. The van der Waals surface area contributed by atoms with Crippen molar-refractivity contribution in [2.75, 3.05) is 19.7 Å². The van der Waals surface area contributed by atoms with Gasteiger partial charge in [-0.2, -0.15) is 0 Å². The van der Waals surface area contributed by atoms with Crippen molar-refractivity contribution in [2.45, 2.75) is 38.6 Å². The molecule has 2 N–H and O–H groups in total. The van der Waals surface area contributed by atoms with Crippen molar-refractivity contribution >= 4 is 18.0 Å². The quantitative estimate of drug-likeness (QED) is 0.644. The van der Waals surface area contributed by atoms with Crippen LogP contribution in [0.15, 0.2) is 60.2 Å². The number of hydrogen-bond acceptors (Lipinski definition) is 4. The van der Waals surface area contributed by atoms with Gasteiger partial charge in [0.2, 0.25) is 5.91 Å². The number of carboxylic acid groups (broad SMARTS) is 1. The Labute approximate surface area is 199 Å². The second-order valence-corrected chi connectivity index (χ2v) is 8.90. The summed E-state index contributed by atoms with van der Waals surface area (Å²) >= 11 is 0. The smallest absolute Gasteiger partial charge is 0.407 e. The van der Waals surface area contributed by atoms with E-state index in [1.807, 2.05) is 38.1 Å². The van der Waals surface area contributed by atoms with E-state index in [4.69, 9.17) is 9.84 Å². The lowest BCUT2D eigenvalue weighted by Gasteiger charge is -2.32. The van der Waals surface area contributed by atoms with Crippen LogP contribution in [0.1, 0.15) is 43.7 Å². The van der Waals surface area contributed by atoms with E-state index in [0.717, 1.165) is 22.3 Å². The van der Waals surface area contributed by atoms with Crippen LogP contribution in [0.25, 0.3) is 11.1 Å². The van der Waals surface area contributed by atoms with Gasteiger partial charge in [0, 0.05) is 24.6 Å². The molecule has 0 bridgehead atoms. The van der Waals surface area contributed by atoms with Crippen LogP contribution < -0.4 is 5.32 Å². The van der Waals surface area contributed by atoms with E-state index in [1.165, 1.54) is 0 Å². The maximum Gasteiger partial charge on any atom is 0.407 e. The largest absolute Gasteiger partial charge is 0.478 e. The van der Waals surface area contributed by atoms with E-state index in [0.29, 0.717) is 25.0 Å². The zero-order valence-electron chi connectivity index (χ0n) is 19.5. The Kier molecular flexibility index (Phi) is 7.01. The summed E-state index contributed by atoms with van der Waals surface area (Å²) in [5.74, 6) is -1.33. The van der Waals surface area contributed by atoms with Crippen molar-refractivity contribution in [3.05, 3.63) is 71.3 Å². The molecular weight excluding hydrogens is 432 g/mol. The van der Waals surface area contributed by atoms with Crippen LogP contribution in [0.4, 0.5) is 4.79 Å². The maximum atomic E-state index is 13.2. The predicted octanol–water partition coefficient (Wildman–Crippen LogP) is 4.18. The van der Waals surface area contributed by atoms with Crippen molar-refractivity contribution in [1.82, 2.24) is 10.2 Å². The molecule has 4 rings (SSSR count). The van der Waals surface area contributed by atoms with E-state index >= 15 is 0 Å². The van der Waals surface area contributed by atoms with Crippen LogP contribution in [0.3, 0.4) is 0 Å². The van der Waals surface area contributed by atoms with Crippen LogP contribution in [-0.2, 0) is 14.3 Å². The number of amides is 2. The van der Waals surface area contributed by atoms with E-state index in [9.17, 15) is 14.4 Å². The standard InChI is InChI=1S/C27H30N2O5/c1-3-17(2)24(25(30)29-14-12-18(13-15-29)26(31)32)28-27(33)34-16-23-21-10-6-4-8-19(21)20-9-5-7-11-22(20)23/h4-12,17,23-24H,3,13-16H2,1-2H3,(H,28,33)(H,31,32)/t17-,24-/m0/s1. The fourth-order valence-corrected chi connectivity index (χ4v) is 4.71. The molecule has 0 fully saturated rings. The zero-order chi connectivity index (χ0) is 24.2. The third-order valence-electron chi connectivity index (χ3n) is 6.89. The molecule has 2 aromatic carbocycles. The summed E-state index contributed by atoms with van der Waals surface area (Å²) in [5.41, 5.74) is 4.87. The molecule has 0 spiro atoms. The maximum absolute atomic E-state index is 13.2. The van der Waals surface area contributed by atoms with Gasteiger partial charge < -0.3 is 20.1 Å². The number of alkyl carbamates (subject to hydrolysis) is 1. The van der Waals surface area contributed by atoms with Crippen molar-refractivity contribution in [1.29, 1.82) is 0 Å². The van der Waals surface area contributed by atoms with Gasteiger partial charge in [-0.3, -0.25) is 4.79 Å². The fraction of sp³-hybridized carbons (Fsp3) is 0.370. The SMILES string of the molecule is CC[C@H](C)[C@H](NC(=O)OCC1c2ccccc2-c2ccccc21)C(=O)N1CC=C(C(=O)O)CC1. The van der Waals surface area contributed by atoms with E-state index < -0.39 is 18.1 Å². The molecule has 7 heteroatoms. The minimum atomic E-state index is -0.956. The second-order valence-electron chi connectivity index (χ2n) is 8.90. The fourth-order valence-electron chi connectivity index (χ4n) is 4.71. The van der Waals surface area contributed by atoms with Gasteiger partial charge in [0.05, 0.1) is 0 Å². The summed E-state index contributed by atoms with van der Waals surface area (Å²) in [6.45, 7) is 4.59. The van der Waals surface area contributed by atoms with Gasteiger partial charge in [-0.1, -0.05) is 74.9 Å². The third kappa shape index (κ3) is 4.69. The number of carboxylic acids is 1. The number of ether oxygens (including phenoxy) is 1. The van der Waals surface area contributed by atoms with Crippen LogP contribution in [0, 0.1) is 5.92 Å². The van der Waals surface area contributed by atoms with E-state index in [2.05, 4.69) is 29.6 Å². The number of fused-ring (bicyclic) bond motifs is 3. The highest BCUT2D eigenvalue weighted by Crippen LogP contribution is 2.44. The Morgan fingerprint density at radius 1 is 1.09 bits per heavy atom. The van der Waals surface area contributed by atoms with Crippen LogP contribution in [0.5, 0.6) is 0 Å². The van der Waals surface area contributed by atoms with Crippen molar-refractivity contribution < 1.29 is 24.2 Å². The summed E-state index contributed by atoms with van der Waals surface area (Å²) in [4.78, 5) is 38.7. The summed E-state index contributed by atoms with van der Waals surface area (Å²) in [6.07, 6.45) is 1.92. The van der Waals surface area contributed by atoms with Gasteiger partial charge in [-0.15, -0.1) is 0 Å².